The summed E-state index contributed by atoms with van der Waals surface area (Å²) in [6, 6.07) is 13.9. The van der Waals surface area contributed by atoms with Gasteiger partial charge in [0.1, 0.15) is 10.8 Å². The first-order valence-electron chi connectivity index (χ1n) is 11.5. The highest BCUT2D eigenvalue weighted by Gasteiger charge is 2.24. The van der Waals surface area contributed by atoms with Gasteiger partial charge in [0.2, 0.25) is 5.91 Å². The SMILES string of the molecule is CC(C)(C)n1ncc(-c2nc(CC(=O)Nc3ccc(-n4ccnc4)cc3)cs2)c1-c1ccc(F)cc1. The number of halogens is 1. The fraction of sp³-hybridized carbons (Fsp3) is 0.185. The van der Waals surface area contributed by atoms with Crippen molar-refractivity contribution in [3.8, 4) is 27.5 Å². The Morgan fingerprint density at radius 2 is 1.83 bits per heavy atom. The molecule has 3 aromatic heterocycles. The summed E-state index contributed by atoms with van der Waals surface area (Å²) in [6.45, 7) is 6.20. The highest BCUT2D eigenvalue weighted by molar-refractivity contribution is 7.13. The Bertz CT molecular complexity index is 1480. The zero-order chi connectivity index (χ0) is 25.3. The second kappa shape index (κ2) is 9.50. The van der Waals surface area contributed by atoms with Gasteiger partial charge in [0.15, 0.2) is 0 Å². The average Bonchev–Trinajstić information content (AvgIpc) is 3.60. The third-order valence-electron chi connectivity index (χ3n) is 5.60. The number of aromatic nitrogens is 5. The quantitative estimate of drug-likeness (QED) is 0.313. The van der Waals surface area contributed by atoms with Gasteiger partial charge in [-0.25, -0.2) is 14.4 Å². The van der Waals surface area contributed by atoms with E-state index in [4.69, 9.17) is 4.98 Å². The van der Waals surface area contributed by atoms with Crippen LogP contribution in [0.25, 0.3) is 27.5 Å². The summed E-state index contributed by atoms with van der Waals surface area (Å²) in [5, 5.41) is 10.2. The van der Waals surface area contributed by atoms with E-state index in [9.17, 15) is 9.18 Å². The highest BCUT2D eigenvalue weighted by Crippen LogP contribution is 2.36. The predicted octanol–water partition coefficient (Wildman–Crippen LogP) is 5.93. The van der Waals surface area contributed by atoms with Gasteiger partial charge >= 0.3 is 0 Å². The number of benzene rings is 2. The van der Waals surface area contributed by atoms with Crippen LogP contribution in [0, 0.1) is 5.82 Å². The van der Waals surface area contributed by atoms with E-state index in [0.29, 0.717) is 11.4 Å². The third kappa shape index (κ3) is 4.96. The molecule has 1 N–H and O–H groups in total. The van der Waals surface area contributed by atoms with E-state index in [2.05, 4.69) is 36.2 Å². The minimum absolute atomic E-state index is 0.147. The van der Waals surface area contributed by atoms with Gasteiger partial charge in [-0.15, -0.1) is 11.3 Å². The summed E-state index contributed by atoms with van der Waals surface area (Å²) in [7, 11) is 0. The van der Waals surface area contributed by atoms with Crippen LogP contribution in [-0.2, 0) is 16.8 Å². The molecule has 5 aromatic rings. The van der Waals surface area contributed by atoms with Crippen LogP contribution in [0.1, 0.15) is 26.5 Å². The molecule has 0 unspecified atom stereocenters. The number of amides is 1. The fourth-order valence-corrected chi connectivity index (χ4v) is 4.74. The lowest BCUT2D eigenvalue weighted by molar-refractivity contribution is -0.115. The lowest BCUT2D eigenvalue weighted by atomic mass is 10.0. The number of rotatable bonds is 6. The first-order chi connectivity index (χ1) is 17.3. The van der Waals surface area contributed by atoms with Crippen molar-refractivity contribution < 1.29 is 9.18 Å². The molecule has 3 heterocycles. The van der Waals surface area contributed by atoms with Gasteiger partial charge in [-0.05, 0) is 69.3 Å². The Hall–Kier alpha value is -4.11. The Balaban J connectivity index is 1.34. The van der Waals surface area contributed by atoms with Crippen LogP contribution in [-0.4, -0.2) is 30.2 Å². The first kappa shape index (κ1) is 23.6. The number of hydrogen-bond acceptors (Lipinski definition) is 5. The zero-order valence-corrected chi connectivity index (χ0v) is 21.0. The molecule has 0 bridgehead atoms. The van der Waals surface area contributed by atoms with E-state index >= 15 is 0 Å². The summed E-state index contributed by atoms with van der Waals surface area (Å²) in [5.74, 6) is -0.438. The van der Waals surface area contributed by atoms with Crippen molar-refractivity contribution in [2.75, 3.05) is 5.32 Å². The summed E-state index contributed by atoms with van der Waals surface area (Å²) in [6.07, 6.45) is 7.24. The second-order valence-corrected chi connectivity index (χ2v) is 10.2. The van der Waals surface area contributed by atoms with Crippen LogP contribution in [0.15, 0.2) is 78.8 Å². The number of thiazole rings is 1. The number of hydrogen-bond donors (Lipinski definition) is 1. The van der Waals surface area contributed by atoms with Crippen LogP contribution < -0.4 is 5.32 Å². The molecule has 5 rings (SSSR count). The van der Waals surface area contributed by atoms with Gasteiger partial charge in [-0.3, -0.25) is 9.48 Å². The van der Waals surface area contributed by atoms with E-state index in [-0.39, 0.29) is 23.7 Å². The van der Waals surface area contributed by atoms with Crippen LogP contribution in [0.2, 0.25) is 0 Å². The third-order valence-corrected chi connectivity index (χ3v) is 6.52. The number of nitrogens with one attached hydrogen (secondary N) is 1. The van der Waals surface area contributed by atoms with Gasteiger partial charge in [0.05, 0.1) is 41.4 Å². The topological polar surface area (TPSA) is 77.6 Å². The molecule has 0 saturated carbocycles. The average molecular weight is 501 g/mol. The lowest BCUT2D eigenvalue weighted by Crippen LogP contribution is -2.24. The summed E-state index contributed by atoms with van der Waals surface area (Å²) in [5.41, 5.74) is 4.64. The summed E-state index contributed by atoms with van der Waals surface area (Å²) in [4.78, 5) is 21.5. The van der Waals surface area contributed by atoms with Crippen molar-refractivity contribution in [3.05, 3.63) is 90.3 Å². The molecule has 0 aliphatic carbocycles. The predicted molar refractivity (Wildman–Crippen MR) is 140 cm³/mol. The second-order valence-electron chi connectivity index (χ2n) is 9.38. The van der Waals surface area contributed by atoms with E-state index in [1.165, 1.54) is 23.5 Å². The molecule has 0 atom stereocenters. The minimum atomic E-state index is -0.291. The van der Waals surface area contributed by atoms with Crippen molar-refractivity contribution in [3.63, 3.8) is 0 Å². The molecule has 7 nitrogen and oxygen atoms in total. The molecule has 0 spiro atoms. The molecule has 9 heteroatoms. The molecule has 0 radical (unpaired) electrons. The monoisotopic (exact) mass is 500 g/mol. The lowest BCUT2D eigenvalue weighted by Gasteiger charge is -2.23. The number of anilines is 1. The van der Waals surface area contributed by atoms with Crippen LogP contribution in [0.4, 0.5) is 10.1 Å². The molecule has 36 heavy (non-hydrogen) atoms. The van der Waals surface area contributed by atoms with Gasteiger partial charge in [-0.1, -0.05) is 0 Å². The number of carbonyl (C=O) groups excluding carboxylic acids is 1. The molecular weight excluding hydrogens is 475 g/mol. The largest absolute Gasteiger partial charge is 0.326 e. The van der Waals surface area contributed by atoms with Gasteiger partial charge < -0.3 is 9.88 Å². The molecular formula is C27H25FN6OS. The van der Waals surface area contributed by atoms with E-state index in [1.807, 2.05) is 45.1 Å². The smallest absolute Gasteiger partial charge is 0.230 e. The Kier molecular flexibility index (Phi) is 6.24. The molecule has 0 aliphatic heterocycles. The molecule has 0 fully saturated rings. The van der Waals surface area contributed by atoms with Crippen LogP contribution >= 0.6 is 11.3 Å². The Morgan fingerprint density at radius 1 is 1.08 bits per heavy atom. The summed E-state index contributed by atoms with van der Waals surface area (Å²) >= 11 is 1.46. The van der Waals surface area contributed by atoms with Crippen molar-refractivity contribution in [2.24, 2.45) is 0 Å². The Morgan fingerprint density at radius 3 is 2.50 bits per heavy atom. The number of nitrogens with zero attached hydrogens (tertiary/aromatic N) is 5. The maximum absolute atomic E-state index is 13.6. The van der Waals surface area contributed by atoms with Gasteiger partial charge in [0.25, 0.3) is 0 Å². The van der Waals surface area contributed by atoms with E-state index in [0.717, 1.165) is 27.5 Å². The van der Waals surface area contributed by atoms with Crippen molar-refractivity contribution in [1.82, 2.24) is 24.3 Å². The van der Waals surface area contributed by atoms with E-state index in [1.54, 1.807) is 30.9 Å². The maximum atomic E-state index is 13.6. The standard InChI is InChI=1S/C27H25FN6OS/c1-27(2,3)34-25(18-4-6-19(28)7-5-18)23(15-30-34)26-32-21(16-36-26)14-24(35)31-20-8-10-22(11-9-20)33-13-12-29-17-33/h4-13,15-17H,14H2,1-3H3,(H,31,35). The number of carbonyl (C=O) groups is 1. The van der Waals surface area contributed by atoms with Crippen molar-refractivity contribution in [2.45, 2.75) is 32.7 Å². The molecule has 1 amide bonds. The summed E-state index contributed by atoms with van der Waals surface area (Å²) < 4.78 is 17.4. The van der Waals surface area contributed by atoms with Crippen molar-refractivity contribution >= 4 is 22.9 Å². The van der Waals surface area contributed by atoms with Crippen LogP contribution in [0.3, 0.4) is 0 Å². The van der Waals surface area contributed by atoms with Crippen LogP contribution in [0.5, 0.6) is 0 Å². The molecule has 2 aromatic carbocycles. The minimum Gasteiger partial charge on any atom is -0.326 e. The molecule has 182 valence electrons. The normalized spacial score (nSPS) is 11.6. The zero-order valence-electron chi connectivity index (χ0n) is 20.1. The molecule has 0 saturated heterocycles. The van der Waals surface area contributed by atoms with Gasteiger partial charge in [-0.2, -0.15) is 5.10 Å². The maximum Gasteiger partial charge on any atom is 0.230 e. The highest BCUT2D eigenvalue weighted by atomic mass is 32.1. The van der Waals surface area contributed by atoms with Crippen molar-refractivity contribution in [1.29, 1.82) is 0 Å². The van der Waals surface area contributed by atoms with Gasteiger partial charge in [0, 0.05) is 34.7 Å². The first-order valence-corrected chi connectivity index (χ1v) is 12.3. The fourth-order valence-electron chi connectivity index (χ4n) is 3.91. The number of imidazole rings is 1. The van der Waals surface area contributed by atoms with E-state index < -0.39 is 0 Å². The Labute approximate surface area is 212 Å². The molecule has 0 aliphatic rings.